The highest BCUT2D eigenvalue weighted by molar-refractivity contribution is 5.95. The molecule has 0 spiro atoms. The number of nitrogens with zero attached hydrogens (tertiary/aromatic N) is 2. The number of aryl methyl sites for hydroxylation is 1. The van der Waals surface area contributed by atoms with E-state index in [-0.39, 0.29) is 23.8 Å². The number of methoxy groups -OCH3 is 1. The van der Waals surface area contributed by atoms with Crippen molar-refractivity contribution in [3.05, 3.63) is 93.0 Å². The number of nitro groups is 1. The summed E-state index contributed by atoms with van der Waals surface area (Å²) in [5.74, 6) is -0.272. The molecule has 0 atom stereocenters. The molecule has 0 aliphatic heterocycles. The molecule has 9 nitrogen and oxygen atoms in total. The number of hydrazone groups is 1. The molecule has 0 unspecified atom stereocenters. The van der Waals surface area contributed by atoms with Crippen LogP contribution in [0.25, 0.3) is 0 Å². The molecule has 0 radical (unpaired) electrons. The van der Waals surface area contributed by atoms with Gasteiger partial charge in [-0.05, 0) is 42.3 Å². The topological polar surface area (TPSA) is 129 Å². The highest BCUT2D eigenvalue weighted by Gasteiger charge is 2.22. The molecule has 0 bridgehead atoms. The molecule has 0 aromatic heterocycles. The van der Waals surface area contributed by atoms with E-state index in [1.165, 1.54) is 31.5 Å². The van der Waals surface area contributed by atoms with Crippen LogP contribution in [0.15, 0.2) is 65.8 Å². The molecule has 3 aromatic rings. The van der Waals surface area contributed by atoms with Gasteiger partial charge in [0.1, 0.15) is 6.61 Å². The van der Waals surface area contributed by atoms with Crippen molar-refractivity contribution in [2.45, 2.75) is 13.5 Å². The molecule has 1 amide bonds. The van der Waals surface area contributed by atoms with Crippen LogP contribution >= 0.6 is 0 Å². The molecule has 0 heterocycles. The monoisotopic (exact) mass is 434 g/mol. The molecule has 9 heteroatoms. The Bertz CT molecular complexity index is 1180. The van der Waals surface area contributed by atoms with Crippen molar-refractivity contribution in [2.24, 2.45) is 5.10 Å². The fourth-order valence-electron chi connectivity index (χ4n) is 2.95. The maximum Gasteiger partial charge on any atom is 0.315 e. The Hall–Kier alpha value is -4.40. The number of ether oxygens (including phenoxy) is 2. The minimum Gasteiger partial charge on any atom is -0.493 e. The first-order valence-corrected chi connectivity index (χ1v) is 9.61. The highest BCUT2D eigenvalue weighted by atomic mass is 16.6. The van der Waals surface area contributed by atoms with Gasteiger partial charge in [0.2, 0.25) is 5.75 Å². The number of nitrogens with two attached hydrogens (primary N) is 1. The Morgan fingerprint density at radius 3 is 2.66 bits per heavy atom. The van der Waals surface area contributed by atoms with Crippen LogP contribution in [0.3, 0.4) is 0 Å². The van der Waals surface area contributed by atoms with Gasteiger partial charge < -0.3 is 15.2 Å². The second kappa shape index (κ2) is 10.1. The molecule has 3 aromatic carbocycles. The zero-order chi connectivity index (χ0) is 23.1. The normalized spacial score (nSPS) is 10.7. The fourth-order valence-corrected chi connectivity index (χ4v) is 2.95. The van der Waals surface area contributed by atoms with Gasteiger partial charge in [-0.15, -0.1) is 0 Å². The highest BCUT2D eigenvalue weighted by Crippen LogP contribution is 2.38. The number of hydrogen-bond acceptors (Lipinski definition) is 7. The number of hydrogen-bond donors (Lipinski definition) is 2. The lowest BCUT2D eigenvalue weighted by atomic mass is 10.1. The lowest BCUT2D eigenvalue weighted by molar-refractivity contribution is -0.386. The number of nitrogen functional groups attached to an aromatic ring is 1. The third kappa shape index (κ3) is 5.39. The van der Waals surface area contributed by atoms with E-state index in [0.29, 0.717) is 16.8 Å². The second-order valence-corrected chi connectivity index (χ2v) is 6.87. The molecular weight excluding hydrogens is 412 g/mol. The van der Waals surface area contributed by atoms with Crippen molar-refractivity contribution < 1.29 is 19.2 Å². The summed E-state index contributed by atoms with van der Waals surface area (Å²) < 4.78 is 11.1. The van der Waals surface area contributed by atoms with Crippen molar-refractivity contribution >= 4 is 23.5 Å². The summed E-state index contributed by atoms with van der Waals surface area (Å²) in [5, 5.41) is 15.5. The molecule has 0 aliphatic rings. The first-order valence-electron chi connectivity index (χ1n) is 9.61. The average molecular weight is 434 g/mol. The van der Waals surface area contributed by atoms with Crippen LogP contribution in [0.4, 0.5) is 11.4 Å². The molecular formula is C23H22N4O5. The average Bonchev–Trinajstić information content (AvgIpc) is 2.78. The number of carbonyl (C=O) groups excluding carboxylic acids is 1. The van der Waals surface area contributed by atoms with Gasteiger partial charge in [-0.1, -0.05) is 30.3 Å². The van der Waals surface area contributed by atoms with Crippen LogP contribution in [0, 0.1) is 17.0 Å². The zero-order valence-corrected chi connectivity index (χ0v) is 17.6. The number of nitrogens with one attached hydrogen (secondary N) is 1. The van der Waals surface area contributed by atoms with Crippen LogP contribution in [0.5, 0.6) is 11.5 Å². The SMILES string of the molecule is COc1cc(/C=N\NC(=O)c2cccc(N)c2)cc([N+](=O)[O-])c1OCc1ccccc1C. The minimum atomic E-state index is -0.557. The summed E-state index contributed by atoms with van der Waals surface area (Å²) in [6.45, 7) is 2.08. The lowest BCUT2D eigenvalue weighted by Crippen LogP contribution is -2.17. The van der Waals surface area contributed by atoms with E-state index in [1.807, 2.05) is 31.2 Å². The molecule has 164 valence electrons. The van der Waals surface area contributed by atoms with Gasteiger partial charge in [0, 0.05) is 22.9 Å². The van der Waals surface area contributed by atoms with E-state index in [9.17, 15) is 14.9 Å². The predicted molar refractivity (Wildman–Crippen MR) is 121 cm³/mol. The van der Waals surface area contributed by atoms with Gasteiger partial charge in [-0.2, -0.15) is 5.10 Å². The maximum atomic E-state index is 12.2. The van der Waals surface area contributed by atoms with E-state index in [2.05, 4.69) is 10.5 Å². The summed E-state index contributed by atoms with van der Waals surface area (Å²) in [6, 6.07) is 16.8. The minimum absolute atomic E-state index is 0.0155. The van der Waals surface area contributed by atoms with Crippen molar-refractivity contribution in [2.75, 3.05) is 12.8 Å². The van der Waals surface area contributed by atoms with Gasteiger partial charge in [-0.25, -0.2) is 5.43 Å². The third-order valence-electron chi connectivity index (χ3n) is 4.64. The fraction of sp³-hybridized carbons (Fsp3) is 0.130. The summed E-state index contributed by atoms with van der Waals surface area (Å²) in [5.41, 5.74) is 10.8. The van der Waals surface area contributed by atoms with E-state index in [0.717, 1.165) is 11.1 Å². The number of amides is 1. The Labute approximate surface area is 184 Å². The maximum absolute atomic E-state index is 12.2. The van der Waals surface area contributed by atoms with E-state index in [1.54, 1.807) is 18.2 Å². The van der Waals surface area contributed by atoms with Crippen molar-refractivity contribution in [3.8, 4) is 11.5 Å². The number of rotatable bonds is 8. The van der Waals surface area contributed by atoms with Crippen LogP contribution in [0.2, 0.25) is 0 Å². The van der Waals surface area contributed by atoms with Crippen LogP contribution in [-0.2, 0) is 6.61 Å². The van der Waals surface area contributed by atoms with Gasteiger partial charge in [0.25, 0.3) is 5.91 Å². The van der Waals surface area contributed by atoms with Gasteiger partial charge in [0.15, 0.2) is 5.75 Å². The van der Waals surface area contributed by atoms with Crippen molar-refractivity contribution in [3.63, 3.8) is 0 Å². The molecule has 0 saturated heterocycles. The number of benzene rings is 3. The second-order valence-electron chi connectivity index (χ2n) is 6.87. The Morgan fingerprint density at radius 2 is 1.97 bits per heavy atom. The summed E-state index contributed by atoms with van der Waals surface area (Å²) >= 11 is 0. The first kappa shape index (κ1) is 22.3. The summed E-state index contributed by atoms with van der Waals surface area (Å²) in [7, 11) is 1.39. The van der Waals surface area contributed by atoms with Gasteiger partial charge in [0.05, 0.1) is 18.2 Å². The van der Waals surface area contributed by atoms with E-state index >= 15 is 0 Å². The molecule has 0 aliphatic carbocycles. The zero-order valence-electron chi connectivity index (χ0n) is 17.6. The van der Waals surface area contributed by atoms with Crippen molar-refractivity contribution in [1.82, 2.24) is 5.43 Å². The first-order chi connectivity index (χ1) is 15.4. The van der Waals surface area contributed by atoms with Crippen molar-refractivity contribution in [1.29, 1.82) is 0 Å². The molecule has 32 heavy (non-hydrogen) atoms. The van der Waals surface area contributed by atoms with E-state index < -0.39 is 10.8 Å². The standard InChI is InChI=1S/C23H22N4O5/c1-15-6-3-4-7-18(15)14-32-22-20(27(29)30)10-16(11-21(22)31-2)13-25-26-23(28)17-8-5-9-19(24)12-17/h3-13H,14,24H2,1-2H3,(H,26,28)/b25-13-. The van der Waals surface area contributed by atoms with Crippen LogP contribution in [-0.4, -0.2) is 24.2 Å². The third-order valence-corrected chi connectivity index (χ3v) is 4.64. The molecule has 3 N–H and O–H groups in total. The molecule has 3 rings (SSSR count). The Kier molecular flexibility index (Phi) is 7.02. The lowest BCUT2D eigenvalue weighted by Gasteiger charge is -2.13. The quantitative estimate of drug-likeness (QED) is 0.240. The number of nitro benzene ring substituents is 1. The predicted octanol–water partition coefficient (Wildman–Crippen LogP) is 3.84. The number of anilines is 1. The summed E-state index contributed by atoms with van der Waals surface area (Å²) in [4.78, 5) is 23.3. The largest absolute Gasteiger partial charge is 0.493 e. The summed E-state index contributed by atoms with van der Waals surface area (Å²) in [6.07, 6.45) is 1.28. The van der Waals surface area contributed by atoms with Gasteiger partial charge >= 0.3 is 5.69 Å². The number of carbonyl (C=O) groups is 1. The molecule has 0 fully saturated rings. The van der Waals surface area contributed by atoms with Crippen LogP contribution in [0.1, 0.15) is 27.0 Å². The Balaban J connectivity index is 1.81. The Morgan fingerprint density at radius 1 is 1.19 bits per heavy atom. The smallest absolute Gasteiger partial charge is 0.315 e. The van der Waals surface area contributed by atoms with E-state index in [4.69, 9.17) is 15.2 Å². The van der Waals surface area contributed by atoms with Gasteiger partial charge in [-0.3, -0.25) is 14.9 Å². The van der Waals surface area contributed by atoms with Crippen LogP contribution < -0.4 is 20.6 Å². The molecule has 0 saturated carbocycles.